The molecule has 9 heteroatoms. The van der Waals surface area contributed by atoms with E-state index in [0.717, 1.165) is 11.3 Å². The number of aromatic nitrogens is 3. The molecule has 0 unspecified atom stereocenters. The summed E-state index contributed by atoms with van der Waals surface area (Å²) in [5.74, 6) is 0.488. The number of rotatable bonds is 2. The molecule has 8 nitrogen and oxygen atoms in total. The van der Waals surface area contributed by atoms with E-state index >= 15 is 0 Å². The fourth-order valence-electron chi connectivity index (χ4n) is 2.52. The van der Waals surface area contributed by atoms with Crippen LogP contribution in [0.5, 0.6) is 0 Å². The highest BCUT2D eigenvalue weighted by Gasteiger charge is 2.25. The summed E-state index contributed by atoms with van der Waals surface area (Å²) >= 11 is 6.09. The van der Waals surface area contributed by atoms with Gasteiger partial charge in [0.2, 0.25) is 0 Å². The second-order valence-electron chi connectivity index (χ2n) is 4.85. The molecule has 1 aliphatic rings. The summed E-state index contributed by atoms with van der Waals surface area (Å²) in [6.45, 7) is 1.07. The molecule has 3 rings (SSSR count). The van der Waals surface area contributed by atoms with Crippen molar-refractivity contribution in [2.45, 2.75) is 13.0 Å². The monoisotopic (exact) mass is 309 g/mol. The maximum absolute atomic E-state index is 11.7. The second-order valence-corrected chi connectivity index (χ2v) is 5.26. The Labute approximate surface area is 124 Å². The van der Waals surface area contributed by atoms with Gasteiger partial charge in [-0.15, -0.1) is 0 Å². The molecule has 21 heavy (non-hydrogen) atoms. The summed E-state index contributed by atoms with van der Waals surface area (Å²) in [6, 6.07) is 1.29. The van der Waals surface area contributed by atoms with Gasteiger partial charge in [-0.05, 0) is 6.42 Å². The van der Waals surface area contributed by atoms with Crippen molar-refractivity contribution in [2.24, 2.45) is 7.05 Å². The number of aromatic amines is 1. The van der Waals surface area contributed by atoms with Gasteiger partial charge in [-0.2, -0.15) is 0 Å². The number of halogens is 1. The van der Waals surface area contributed by atoms with Crippen molar-refractivity contribution >= 4 is 23.1 Å². The smallest absolute Gasteiger partial charge is 0.289 e. The summed E-state index contributed by atoms with van der Waals surface area (Å²) in [5.41, 5.74) is 1.43. The van der Waals surface area contributed by atoms with Crippen molar-refractivity contribution in [3.8, 4) is 0 Å². The average Bonchev–Trinajstić information content (AvgIpc) is 2.73. The van der Waals surface area contributed by atoms with Gasteiger partial charge >= 0.3 is 0 Å². The van der Waals surface area contributed by atoms with E-state index in [-0.39, 0.29) is 16.3 Å². The lowest BCUT2D eigenvalue weighted by Gasteiger charge is -2.28. The first-order chi connectivity index (χ1) is 9.97. The molecule has 0 aliphatic carbocycles. The molecule has 0 bridgehead atoms. The highest BCUT2D eigenvalue weighted by atomic mass is 35.5. The van der Waals surface area contributed by atoms with Crippen molar-refractivity contribution in [1.82, 2.24) is 14.8 Å². The van der Waals surface area contributed by atoms with Crippen LogP contribution in [0, 0.1) is 10.1 Å². The summed E-state index contributed by atoms with van der Waals surface area (Å²) in [7, 11) is 1.77. The largest absolute Gasteiger partial charge is 0.349 e. The normalized spacial score (nSPS) is 14.1. The molecule has 0 saturated heterocycles. The topological polar surface area (TPSA) is 97.1 Å². The standard InChI is InChI=1S/C12H12ClN5O3/c1-16-10-6-17(3-2-8(10)12(19)15-16)11-9(13)4-7(5-14-11)18(20)21/h4-5H,2-3,6H2,1H3,(H,15,19). The van der Waals surface area contributed by atoms with Crippen LogP contribution in [0.4, 0.5) is 11.5 Å². The van der Waals surface area contributed by atoms with Gasteiger partial charge in [0.15, 0.2) is 0 Å². The van der Waals surface area contributed by atoms with Crippen LogP contribution in [-0.4, -0.2) is 26.2 Å². The highest BCUT2D eigenvalue weighted by Crippen LogP contribution is 2.30. The van der Waals surface area contributed by atoms with E-state index in [1.807, 2.05) is 4.90 Å². The fraction of sp³-hybridized carbons (Fsp3) is 0.333. The van der Waals surface area contributed by atoms with E-state index in [0.29, 0.717) is 25.3 Å². The molecule has 2 aromatic heterocycles. The van der Waals surface area contributed by atoms with E-state index in [1.54, 1.807) is 11.7 Å². The van der Waals surface area contributed by atoms with E-state index in [4.69, 9.17) is 11.6 Å². The molecule has 2 aromatic rings. The number of hydrogen-bond acceptors (Lipinski definition) is 5. The van der Waals surface area contributed by atoms with Crippen LogP contribution in [-0.2, 0) is 20.0 Å². The number of H-pyrrole nitrogens is 1. The zero-order valence-electron chi connectivity index (χ0n) is 11.2. The molecule has 1 N–H and O–H groups in total. The van der Waals surface area contributed by atoms with Gasteiger partial charge in [-0.25, -0.2) is 4.98 Å². The van der Waals surface area contributed by atoms with Crippen molar-refractivity contribution in [1.29, 1.82) is 0 Å². The van der Waals surface area contributed by atoms with E-state index in [1.165, 1.54) is 12.3 Å². The lowest BCUT2D eigenvalue weighted by Crippen LogP contribution is -2.33. The molecular formula is C12H12ClN5O3. The SMILES string of the molecule is Cn1[nH]c(=O)c2c1CN(c1ncc([N+](=O)[O-])cc1Cl)CC2. The molecule has 0 fully saturated rings. The van der Waals surface area contributed by atoms with E-state index in [9.17, 15) is 14.9 Å². The number of hydrogen-bond donors (Lipinski definition) is 1. The lowest BCUT2D eigenvalue weighted by atomic mass is 10.1. The Kier molecular flexibility index (Phi) is 3.17. The van der Waals surface area contributed by atoms with Crippen LogP contribution in [0.15, 0.2) is 17.1 Å². The second kappa shape index (κ2) is 4.88. The van der Waals surface area contributed by atoms with Crippen molar-refractivity contribution < 1.29 is 4.92 Å². The van der Waals surface area contributed by atoms with Crippen LogP contribution >= 0.6 is 11.6 Å². The zero-order chi connectivity index (χ0) is 15.1. The van der Waals surface area contributed by atoms with E-state index in [2.05, 4.69) is 10.1 Å². The van der Waals surface area contributed by atoms with Crippen molar-refractivity contribution in [3.63, 3.8) is 0 Å². The average molecular weight is 310 g/mol. The first-order valence-electron chi connectivity index (χ1n) is 6.29. The minimum atomic E-state index is -0.535. The van der Waals surface area contributed by atoms with Gasteiger partial charge in [0.25, 0.3) is 11.2 Å². The molecular weight excluding hydrogens is 298 g/mol. The van der Waals surface area contributed by atoms with Gasteiger partial charge in [0.05, 0.1) is 22.2 Å². The molecule has 0 amide bonds. The molecule has 0 atom stereocenters. The lowest BCUT2D eigenvalue weighted by molar-refractivity contribution is -0.385. The zero-order valence-corrected chi connectivity index (χ0v) is 11.9. The Bertz CT molecular complexity index is 782. The van der Waals surface area contributed by atoms with Crippen LogP contribution in [0.2, 0.25) is 5.02 Å². The van der Waals surface area contributed by atoms with Gasteiger partial charge in [0.1, 0.15) is 12.0 Å². The Morgan fingerprint density at radius 3 is 2.95 bits per heavy atom. The molecule has 3 heterocycles. The molecule has 0 saturated carbocycles. The van der Waals surface area contributed by atoms with Gasteiger partial charge < -0.3 is 4.90 Å². The third-order valence-corrected chi connectivity index (χ3v) is 3.86. The minimum absolute atomic E-state index is 0.0742. The maximum atomic E-state index is 11.7. The first-order valence-corrected chi connectivity index (χ1v) is 6.67. The van der Waals surface area contributed by atoms with Crippen LogP contribution in [0.25, 0.3) is 0 Å². The maximum Gasteiger partial charge on any atom is 0.289 e. The number of pyridine rings is 1. The molecule has 0 spiro atoms. The summed E-state index contributed by atoms with van der Waals surface area (Å²) in [4.78, 5) is 27.9. The number of nitro groups is 1. The Morgan fingerprint density at radius 1 is 1.52 bits per heavy atom. The highest BCUT2D eigenvalue weighted by molar-refractivity contribution is 6.33. The molecule has 1 aliphatic heterocycles. The number of aryl methyl sites for hydroxylation is 1. The number of fused-ring (bicyclic) bond motifs is 1. The predicted octanol–water partition coefficient (Wildman–Crippen LogP) is 1.23. The molecule has 110 valence electrons. The fourth-order valence-corrected chi connectivity index (χ4v) is 2.80. The third kappa shape index (κ3) is 2.27. The van der Waals surface area contributed by atoms with Crippen molar-refractivity contribution in [2.75, 3.05) is 11.4 Å². The minimum Gasteiger partial charge on any atom is -0.349 e. The summed E-state index contributed by atoms with van der Waals surface area (Å²) in [6.07, 6.45) is 1.77. The number of nitrogens with one attached hydrogen (secondary N) is 1. The van der Waals surface area contributed by atoms with Gasteiger partial charge in [-0.1, -0.05) is 11.6 Å². The van der Waals surface area contributed by atoms with E-state index < -0.39 is 4.92 Å². The van der Waals surface area contributed by atoms with Crippen LogP contribution in [0.3, 0.4) is 0 Å². The molecule has 0 radical (unpaired) electrons. The quantitative estimate of drug-likeness (QED) is 0.665. The van der Waals surface area contributed by atoms with Gasteiger partial charge in [-0.3, -0.25) is 24.7 Å². The molecule has 0 aromatic carbocycles. The number of anilines is 1. The third-order valence-electron chi connectivity index (χ3n) is 3.59. The first kappa shape index (κ1) is 13.6. The Balaban J connectivity index is 1.94. The van der Waals surface area contributed by atoms with Gasteiger partial charge in [0, 0.05) is 25.2 Å². The van der Waals surface area contributed by atoms with Crippen molar-refractivity contribution in [3.05, 3.63) is 49.0 Å². The van der Waals surface area contributed by atoms with Crippen LogP contribution < -0.4 is 10.5 Å². The van der Waals surface area contributed by atoms with Crippen LogP contribution in [0.1, 0.15) is 11.3 Å². The summed E-state index contributed by atoms with van der Waals surface area (Å²) < 4.78 is 1.68. The Morgan fingerprint density at radius 2 is 2.29 bits per heavy atom. The predicted molar refractivity (Wildman–Crippen MR) is 76.7 cm³/mol. The number of nitrogens with zero attached hydrogens (tertiary/aromatic N) is 4. The summed E-state index contributed by atoms with van der Waals surface area (Å²) in [5, 5.41) is 13.7. The Hall–Kier alpha value is -2.35.